The average Bonchev–Trinajstić information content (AvgIpc) is 2.73. The van der Waals surface area contributed by atoms with E-state index in [-0.39, 0.29) is 11.6 Å². The number of nitro benzene ring substituents is 1. The number of amides is 1. The zero-order valence-corrected chi connectivity index (χ0v) is 12.8. The molecule has 1 fully saturated rings. The number of thioether (sulfide) groups is 1. The van der Waals surface area contributed by atoms with Gasteiger partial charge in [-0.3, -0.25) is 19.8 Å². The van der Waals surface area contributed by atoms with Gasteiger partial charge in [0.15, 0.2) is 0 Å². The minimum Gasteiger partial charge on any atom is -0.293 e. The molecule has 0 spiro atoms. The number of para-hydroxylation sites is 1. The van der Waals surface area contributed by atoms with Crippen molar-refractivity contribution in [1.82, 2.24) is 4.90 Å². The number of rotatable bonds is 4. The number of thiocarbonyl (C=S) groups is 1. The van der Waals surface area contributed by atoms with E-state index in [1.165, 1.54) is 22.7 Å². The van der Waals surface area contributed by atoms with E-state index in [1.54, 1.807) is 36.4 Å². The summed E-state index contributed by atoms with van der Waals surface area (Å²) in [5.74, 6) is -0.125. The van der Waals surface area contributed by atoms with Crippen LogP contribution in [0.2, 0.25) is 0 Å². The molecule has 21 heavy (non-hydrogen) atoms. The van der Waals surface area contributed by atoms with E-state index in [4.69, 9.17) is 12.2 Å². The summed E-state index contributed by atoms with van der Waals surface area (Å²) in [6.07, 6.45) is 4.87. The Labute approximate surface area is 131 Å². The van der Waals surface area contributed by atoms with Gasteiger partial charge < -0.3 is 0 Å². The number of carbonyl (C=O) groups is 1. The Kier molecular flexibility index (Phi) is 4.87. The van der Waals surface area contributed by atoms with Crippen molar-refractivity contribution in [1.29, 1.82) is 0 Å². The third-order valence-corrected chi connectivity index (χ3v) is 4.24. The second-order valence-electron chi connectivity index (χ2n) is 4.12. The average molecular weight is 320 g/mol. The highest BCUT2D eigenvalue weighted by atomic mass is 32.2. The van der Waals surface area contributed by atoms with Crippen molar-refractivity contribution in [3.05, 3.63) is 57.0 Å². The number of hydrogen-bond acceptors (Lipinski definition) is 5. The van der Waals surface area contributed by atoms with Gasteiger partial charge in [-0.1, -0.05) is 42.2 Å². The van der Waals surface area contributed by atoms with Gasteiger partial charge in [-0.2, -0.15) is 0 Å². The maximum Gasteiger partial charge on any atom is 0.276 e. The van der Waals surface area contributed by atoms with Crippen LogP contribution < -0.4 is 0 Å². The van der Waals surface area contributed by atoms with Crippen molar-refractivity contribution >= 4 is 46.0 Å². The van der Waals surface area contributed by atoms with Crippen LogP contribution in [0, 0.1) is 10.1 Å². The highest BCUT2D eigenvalue weighted by Crippen LogP contribution is 2.30. The fraction of sp³-hybridized carbons (Fsp3) is 0.143. The molecule has 1 aliphatic heterocycles. The van der Waals surface area contributed by atoms with Crippen LogP contribution in [0.5, 0.6) is 0 Å². The molecular weight excluding hydrogens is 308 g/mol. The SMILES string of the molecule is CCN1C(=O)/C(=C/C=C/c2ccccc2[N+](=O)[O-])SC1=S. The summed E-state index contributed by atoms with van der Waals surface area (Å²) in [4.78, 5) is 24.5. The Morgan fingerprint density at radius 1 is 1.43 bits per heavy atom. The summed E-state index contributed by atoms with van der Waals surface area (Å²) >= 11 is 6.34. The van der Waals surface area contributed by atoms with Crippen LogP contribution in [0.15, 0.2) is 41.3 Å². The van der Waals surface area contributed by atoms with Gasteiger partial charge in [0.05, 0.1) is 15.4 Å². The van der Waals surface area contributed by atoms with E-state index in [0.29, 0.717) is 21.3 Å². The lowest BCUT2D eigenvalue weighted by Gasteiger charge is -2.09. The maximum atomic E-state index is 12.0. The van der Waals surface area contributed by atoms with Crippen molar-refractivity contribution < 1.29 is 9.72 Å². The van der Waals surface area contributed by atoms with Crippen LogP contribution in [0.4, 0.5) is 5.69 Å². The third kappa shape index (κ3) is 3.37. The van der Waals surface area contributed by atoms with E-state index in [2.05, 4.69) is 0 Å². The van der Waals surface area contributed by atoms with Crippen LogP contribution in [0.3, 0.4) is 0 Å². The molecule has 0 N–H and O–H groups in total. The third-order valence-electron chi connectivity index (χ3n) is 2.85. The smallest absolute Gasteiger partial charge is 0.276 e. The number of allylic oxidation sites excluding steroid dienone is 2. The van der Waals surface area contributed by atoms with Gasteiger partial charge in [-0.15, -0.1) is 0 Å². The molecule has 2 rings (SSSR count). The Hall–Kier alpha value is -1.99. The van der Waals surface area contributed by atoms with Crippen LogP contribution in [-0.4, -0.2) is 26.6 Å². The summed E-state index contributed by atoms with van der Waals surface area (Å²) in [7, 11) is 0. The lowest BCUT2D eigenvalue weighted by Crippen LogP contribution is -2.27. The molecule has 0 unspecified atom stereocenters. The monoisotopic (exact) mass is 320 g/mol. The molecule has 0 aliphatic carbocycles. The number of likely N-dealkylation sites (N-methyl/N-ethyl adjacent to an activating group) is 1. The van der Waals surface area contributed by atoms with E-state index in [0.717, 1.165) is 0 Å². The molecule has 1 aliphatic rings. The highest BCUT2D eigenvalue weighted by Gasteiger charge is 2.29. The molecule has 5 nitrogen and oxygen atoms in total. The lowest BCUT2D eigenvalue weighted by molar-refractivity contribution is -0.385. The molecule has 7 heteroatoms. The molecule has 1 aromatic carbocycles. The van der Waals surface area contributed by atoms with E-state index < -0.39 is 4.92 Å². The molecular formula is C14H12N2O3S2. The molecule has 1 saturated heterocycles. The van der Waals surface area contributed by atoms with Crippen LogP contribution >= 0.6 is 24.0 Å². The molecule has 1 amide bonds. The van der Waals surface area contributed by atoms with E-state index >= 15 is 0 Å². The summed E-state index contributed by atoms with van der Waals surface area (Å²) in [6, 6.07) is 6.43. The minimum absolute atomic E-state index is 0.0308. The number of nitro groups is 1. The van der Waals surface area contributed by atoms with E-state index in [9.17, 15) is 14.9 Å². The van der Waals surface area contributed by atoms with Crippen LogP contribution in [0.1, 0.15) is 12.5 Å². The molecule has 1 heterocycles. The molecule has 0 bridgehead atoms. The van der Waals surface area contributed by atoms with E-state index in [1.807, 2.05) is 6.92 Å². The predicted octanol–water partition coefficient (Wildman–Crippen LogP) is 3.37. The standard InChI is InChI=1S/C14H12N2O3S2/c1-2-15-13(17)12(21-14(15)20)9-5-7-10-6-3-4-8-11(10)16(18)19/h3-9H,2H2,1H3/b7-5+,12-9-. The summed E-state index contributed by atoms with van der Waals surface area (Å²) in [6.45, 7) is 2.40. The van der Waals surface area contributed by atoms with Crippen molar-refractivity contribution in [3.8, 4) is 0 Å². The second kappa shape index (κ2) is 6.64. The Morgan fingerprint density at radius 3 is 2.76 bits per heavy atom. The number of benzene rings is 1. The van der Waals surface area contributed by atoms with Gasteiger partial charge in [0.25, 0.3) is 11.6 Å². The summed E-state index contributed by atoms with van der Waals surface area (Å²) in [5.41, 5.74) is 0.521. The topological polar surface area (TPSA) is 63.5 Å². The highest BCUT2D eigenvalue weighted by molar-refractivity contribution is 8.26. The Morgan fingerprint density at radius 2 is 2.14 bits per heavy atom. The van der Waals surface area contributed by atoms with Gasteiger partial charge in [0.1, 0.15) is 4.32 Å². The van der Waals surface area contributed by atoms with Gasteiger partial charge >= 0.3 is 0 Å². The van der Waals surface area contributed by atoms with Crippen molar-refractivity contribution in [3.63, 3.8) is 0 Å². The Balaban J connectivity index is 2.20. The minimum atomic E-state index is -0.434. The normalized spacial score (nSPS) is 17.2. The van der Waals surface area contributed by atoms with Crippen molar-refractivity contribution in [2.75, 3.05) is 6.54 Å². The molecule has 0 atom stereocenters. The maximum absolute atomic E-state index is 12.0. The zero-order valence-electron chi connectivity index (χ0n) is 11.2. The van der Waals surface area contributed by atoms with Gasteiger partial charge in [-0.25, -0.2) is 0 Å². The first kappa shape index (κ1) is 15.4. The van der Waals surface area contributed by atoms with Gasteiger partial charge in [0, 0.05) is 12.6 Å². The van der Waals surface area contributed by atoms with Crippen LogP contribution in [-0.2, 0) is 4.79 Å². The Bertz CT molecular complexity index is 668. The number of carbonyl (C=O) groups excluding carboxylic acids is 1. The first-order valence-electron chi connectivity index (χ1n) is 6.20. The predicted molar refractivity (Wildman–Crippen MR) is 87.8 cm³/mol. The molecule has 1 aromatic rings. The molecule has 108 valence electrons. The second-order valence-corrected chi connectivity index (χ2v) is 5.80. The molecule has 0 saturated carbocycles. The fourth-order valence-corrected chi connectivity index (χ4v) is 3.16. The largest absolute Gasteiger partial charge is 0.293 e. The molecule has 0 aromatic heterocycles. The lowest BCUT2D eigenvalue weighted by atomic mass is 10.1. The number of nitrogens with zero attached hydrogens (tertiary/aromatic N) is 2. The summed E-state index contributed by atoms with van der Waals surface area (Å²) < 4.78 is 0.535. The summed E-state index contributed by atoms with van der Waals surface area (Å²) in [5, 5.41) is 10.9. The van der Waals surface area contributed by atoms with Gasteiger partial charge in [-0.05, 0) is 25.1 Å². The number of hydrogen-bond donors (Lipinski definition) is 0. The zero-order chi connectivity index (χ0) is 15.4. The molecule has 0 radical (unpaired) electrons. The first-order valence-corrected chi connectivity index (χ1v) is 7.42. The van der Waals surface area contributed by atoms with Crippen LogP contribution in [0.25, 0.3) is 6.08 Å². The van der Waals surface area contributed by atoms with Crippen molar-refractivity contribution in [2.24, 2.45) is 0 Å². The van der Waals surface area contributed by atoms with Gasteiger partial charge in [0.2, 0.25) is 0 Å². The quantitative estimate of drug-likeness (QED) is 0.368. The fourth-order valence-electron chi connectivity index (χ4n) is 1.82. The van der Waals surface area contributed by atoms with Crippen molar-refractivity contribution in [2.45, 2.75) is 6.92 Å². The first-order chi connectivity index (χ1) is 10.0.